The first kappa shape index (κ1) is 21.8. The minimum Gasteiger partial charge on any atom is -0.369 e. The van der Waals surface area contributed by atoms with Crippen molar-refractivity contribution < 1.29 is 8.78 Å². The van der Waals surface area contributed by atoms with Crippen LogP contribution in [0, 0.1) is 11.6 Å². The van der Waals surface area contributed by atoms with Crippen molar-refractivity contribution in [1.29, 1.82) is 0 Å². The highest BCUT2D eigenvalue weighted by Crippen LogP contribution is 2.38. The highest BCUT2D eigenvalue weighted by Gasteiger charge is 2.24. The van der Waals surface area contributed by atoms with Crippen molar-refractivity contribution in [3.63, 3.8) is 0 Å². The average molecular weight is 469 g/mol. The number of aryl methyl sites for hydroxylation is 1. The van der Waals surface area contributed by atoms with Crippen LogP contribution in [0.5, 0.6) is 0 Å². The van der Waals surface area contributed by atoms with Gasteiger partial charge in [-0.15, -0.1) is 11.3 Å². The number of nitrogens with zero attached hydrogens (tertiary/aromatic N) is 5. The van der Waals surface area contributed by atoms with Gasteiger partial charge in [-0.1, -0.05) is 0 Å². The molecule has 2 aromatic heterocycles. The van der Waals surface area contributed by atoms with Gasteiger partial charge in [-0.05, 0) is 50.2 Å². The van der Waals surface area contributed by atoms with Crippen molar-refractivity contribution in [2.45, 2.75) is 20.4 Å². The maximum absolute atomic E-state index is 15.2. The van der Waals surface area contributed by atoms with Crippen molar-refractivity contribution in [2.24, 2.45) is 0 Å². The van der Waals surface area contributed by atoms with Gasteiger partial charge >= 0.3 is 0 Å². The highest BCUT2D eigenvalue weighted by atomic mass is 32.1. The summed E-state index contributed by atoms with van der Waals surface area (Å²) in [6.07, 6.45) is 0. The van der Waals surface area contributed by atoms with Crippen LogP contribution in [0.15, 0.2) is 41.8 Å². The van der Waals surface area contributed by atoms with E-state index >= 15 is 4.39 Å². The molecule has 0 spiro atoms. The normalized spacial score (nSPS) is 14.2. The van der Waals surface area contributed by atoms with Crippen LogP contribution in [0.2, 0.25) is 0 Å². The Morgan fingerprint density at radius 3 is 2.55 bits per heavy atom. The van der Waals surface area contributed by atoms with Gasteiger partial charge in [0.05, 0.1) is 5.69 Å². The summed E-state index contributed by atoms with van der Waals surface area (Å²) in [7, 11) is 0. The second kappa shape index (κ2) is 9.07. The summed E-state index contributed by atoms with van der Waals surface area (Å²) in [5, 5.41) is 11.5. The predicted octanol–water partition coefficient (Wildman–Crippen LogP) is 5.03. The molecular formula is C24H26F2N6S. The van der Waals surface area contributed by atoms with E-state index in [-0.39, 0.29) is 11.6 Å². The molecule has 0 aliphatic carbocycles. The molecular weight excluding hydrogens is 442 g/mol. The van der Waals surface area contributed by atoms with E-state index in [1.807, 2.05) is 23.9 Å². The summed E-state index contributed by atoms with van der Waals surface area (Å²) >= 11 is 1.51. The molecule has 1 aliphatic heterocycles. The van der Waals surface area contributed by atoms with Crippen molar-refractivity contribution in [1.82, 2.24) is 20.1 Å². The van der Waals surface area contributed by atoms with E-state index in [4.69, 9.17) is 4.98 Å². The first-order valence-corrected chi connectivity index (χ1v) is 12.1. The molecule has 0 bridgehead atoms. The van der Waals surface area contributed by atoms with E-state index in [0.29, 0.717) is 18.6 Å². The molecule has 0 radical (unpaired) electrons. The number of piperazine rings is 1. The average Bonchev–Trinajstić information content (AvgIpc) is 3.47. The zero-order valence-electron chi connectivity index (χ0n) is 18.7. The molecule has 1 N–H and O–H groups in total. The number of thiazole rings is 1. The molecule has 33 heavy (non-hydrogen) atoms. The lowest BCUT2D eigenvalue weighted by Crippen LogP contribution is -2.43. The van der Waals surface area contributed by atoms with Gasteiger partial charge in [0.1, 0.15) is 17.2 Å². The number of fused-ring (bicyclic) bond motifs is 1. The van der Waals surface area contributed by atoms with Gasteiger partial charge in [-0.25, -0.2) is 18.4 Å². The van der Waals surface area contributed by atoms with Gasteiger partial charge < -0.3 is 15.1 Å². The van der Waals surface area contributed by atoms with E-state index in [1.54, 1.807) is 18.2 Å². The number of halogens is 2. The first-order chi connectivity index (χ1) is 16.1. The largest absolute Gasteiger partial charge is 0.369 e. The summed E-state index contributed by atoms with van der Waals surface area (Å²) in [6.45, 7) is 8.76. The second-order valence-electron chi connectivity index (χ2n) is 7.97. The van der Waals surface area contributed by atoms with E-state index in [2.05, 4.69) is 26.3 Å². The lowest BCUT2D eigenvalue weighted by Gasteiger charge is -2.29. The standard InChI is InChI=1S/C24H26F2N6S/c1-3-31(24-28-21(15-33-24)16-5-7-17(25)8-6-16)23-19-13-18(30-11-9-27-10-12-30)14-20(26)22(19)29-32(23)4-2/h5-8,13-15,27H,3-4,9-12H2,1-2H3. The fourth-order valence-electron chi connectivity index (χ4n) is 4.29. The summed E-state index contributed by atoms with van der Waals surface area (Å²) < 4.78 is 30.4. The van der Waals surface area contributed by atoms with Crippen molar-refractivity contribution in [3.05, 3.63) is 53.4 Å². The molecule has 0 unspecified atom stereocenters. The van der Waals surface area contributed by atoms with Crippen LogP contribution in [0.25, 0.3) is 22.2 Å². The van der Waals surface area contributed by atoms with Crippen LogP contribution in [0.1, 0.15) is 13.8 Å². The number of hydrogen-bond acceptors (Lipinski definition) is 6. The number of aromatic nitrogens is 3. The Labute approximate surface area is 195 Å². The molecule has 0 amide bonds. The molecule has 5 rings (SSSR count). The first-order valence-electron chi connectivity index (χ1n) is 11.2. The fraction of sp³-hybridized carbons (Fsp3) is 0.333. The minimum absolute atomic E-state index is 0.273. The number of anilines is 3. The Bertz CT molecular complexity index is 1260. The zero-order valence-corrected chi connectivity index (χ0v) is 19.5. The quantitative estimate of drug-likeness (QED) is 0.430. The van der Waals surface area contributed by atoms with Gasteiger partial charge in [-0.3, -0.25) is 0 Å². The lowest BCUT2D eigenvalue weighted by molar-refractivity contribution is 0.585. The minimum atomic E-state index is -0.309. The van der Waals surface area contributed by atoms with Gasteiger partial charge in [0, 0.05) is 61.3 Å². The van der Waals surface area contributed by atoms with Crippen LogP contribution >= 0.6 is 11.3 Å². The second-order valence-corrected chi connectivity index (χ2v) is 8.80. The summed E-state index contributed by atoms with van der Waals surface area (Å²) in [5.74, 6) is 0.257. The third-order valence-corrected chi connectivity index (χ3v) is 6.83. The monoisotopic (exact) mass is 468 g/mol. The molecule has 4 aromatic rings. The Hall–Kier alpha value is -3.04. The fourth-order valence-corrected chi connectivity index (χ4v) is 5.19. The number of benzene rings is 2. The van der Waals surface area contributed by atoms with Gasteiger partial charge in [0.25, 0.3) is 0 Å². The number of rotatable bonds is 6. The Kier molecular flexibility index (Phi) is 5.99. The molecule has 0 atom stereocenters. The molecule has 3 heterocycles. The molecule has 172 valence electrons. The van der Waals surface area contributed by atoms with Gasteiger partial charge in [0.15, 0.2) is 10.9 Å². The van der Waals surface area contributed by atoms with E-state index in [1.165, 1.54) is 23.5 Å². The number of hydrogen-bond donors (Lipinski definition) is 1. The third kappa shape index (κ3) is 4.06. The van der Waals surface area contributed by atoms with Gasteiger partial charge in [-0.2, -0.15) is 5.10 Å². The van der Waals surface area contributed by atoms with Crippen molar-refractivity contribution in [3.8, 4) is 11.3 Å². The molecule has 1 fully saturated rings. The third-order valence-electron chi connectivity index (χ3n) is 5.97. The van der Waals surface area contributed by atoms with Crippen LogP contribution in [0.3, 0.4) is 0 Å². The van der Waals surface area contributed by atoms with Crippen LogP contribution < -0.4 is 15.1 Å². The SMILES string of the molecule is CCN(c1nc(-c2ccc(F)cc2)cs1)c1c2cc(N3CCNCC3)cc(F)c2nn1CC. The molecule has 1 aliphatic rings. The van der Waals surface area contributed by atoms with Crippen molar-refractivity contribution in [2.75, 3.05) is 42.5 Å². The topological polar surface area (TPSA) is 49.2 Å². The summed E-state index contributed by atoms with van der Waals surface area (Å²) in [6, 6.07) is 9.97. The maximum Gasteiger partial charge on any atom is 0.191 e. The van der Waals surface area contributed by atoms with E-state index in [0.717, 1.165) is 59.5 Å². The Morgan fingerprint density at radius 1 is 1.09 bits per heavy atom. The zero-order chi connectivity index (χ0) is 22.9. The lowest BCUT2D eigenvalue weighted by atomic mass is 10.1. The molecule has 9 heteroatoms. The van der Waals surface area contributed by atoms with Gasteiger partial charge in [0.2, 0.25) is 0 Å². The maximum atomic E-state index is 15.2. The Morgan fingerprint density at radius 2 is 1.85 bits per heavy atom. The smallest absolute Gasteiger partial charge is 0.191 e. The molecule has 6 nitrogen and oxygen atoms in total. The van der Waals surface area contributed by atoms with E-state index in [9.17, 15) is 4.39 Å². The summed E-state index contributed by atoms with van der Waals surface area (Å²) in [5.41, 5.74) is 2.89. The molecule has 1 saturated heterocycles. The Balaban J connectivity index is 1.59. The van der Waals surface area contributed by atoms with Crippen LogP contribution in [0.4, 0.5) is 25.4 Å². The highest BCUT2D eigenvalue weighted by molar-refractivity contribution is 7.14. The molecule has 0 saturated carbocycles. The summed E-state index contributed by atoms with van der Waals surface area (Å²) in [4.78, 5) is 9.11. The van der Waals surface area contributed by atoms with Crippen LogP contribution in [-0.2, 0) is 6.54 Å². The number of nitrogens with one attached hydrogen (secondary N) is 1. The van der Waals surface area contributed by atoms with E-state index < -0.39 is 0 Å². The van der Waals surface area contributed by atoms with Crippen molar-refractivity contribution >= 4 is 38.9 Å². The van der Waals surface area contributed by atoms with Crippen LogP contribution in [-0.4, -0.2) is 47.5 Å². The predicted molar refractivity (Wildman–Crippen MR) is 131 cm³/mol. The molecule has 2 aromatic carbocycles.